The highest BCUT2D eigenvalue weighted by molar-refractivity contribution is 6.02. The molecule has 0 saturated heterocycles. The summed E-state index contributed by atoms with van der Waals surface area (Å²) in [4.78, 5) is 24.0. The van der Waals surface area contributed by atoms with Gasteiger partial charge in [-0.05, 0) is 32.0 Å². The molecular weight excluding hydrogens is 298 g/mol. The van der Waals surface area contributed by atoms with Crippen molar-refractivity contribution in [3.63, 3.8) is 0 Å². The van der Waals surface area contributed by atoms with E-state index in [0.717, 1.165) is 0 Å². The minimum Gasteiger partial charge on any atom is -0.462 e. The third-order valence-electron chi connectivity index (χ3n) is 2.96. The van der Waals surface area contributed by atoms with E-state index in [1.54, 1.807) is 38.1 Å². The van der Waals surface area contributed by atoms with Crippen LogP contribution < -0.4 is 0 Å². The number of esters is 2. The van der Waals surface area contributed by atoms with Gasteiger partial charge in [0.25, 0.3) is 0 Å². The molecule has 6 heteroatoms. The SMILES string of the molecule is CCOC(=O)c1cc(-c2cccc(C#N)c2)oc1C(=O)OCC. The Hall–Kier alpha value is -3.07. The molecular formula is C17H15NO5. The van der Waals surface area contributed by atoms with E-state index in [4.69, 9.17) is 19.2 Å². The van der Waals surface area contributed by atoms with Crippen LogP contribution in [0.15, 0.2) is 34.7 Å². The van der Waals surface area contributed by atoms with Gasteiger partial charge in [-0.2, -0.15) is 5.26 Å². The zero-order chi connectivity index (χ0) is 16.8. The molecule has 1 aromatic carbocycles. The predicted octanol–water partition coefficient (Wildman–Crippen LogP) is 3.17. The zero-order valence-corrected chi connectivity index (χ0v) is 12.8. The first-order valence-corrected chi connectivity index (χ1v) is 7.09. The fourth-order valence-electron chi connectivity index (χ4n) is 1.98. The average molecular weight is 313 g/mol. The molecule has 118 valence electrons. The maximum absolute atomic E-state index is 12.0. The molecule has 0 radical (unpaired) electrons. The molecule has 0 bridgehead atoms. The quantitative estimate of drug-likeness (QED) is 0.788. The van der Waals surface area contributed by atoms with Gasteiger partial charge in [-0.3, -0.25) is 0 Å². The highest BCUT2D eigenvalue weighted by Gasteiger charge is 2.26. The van der Waals surface area contributed by atoms with Crippen molar-refractivity contribution in [1.29, 1.82) is 5.26 Å². The van der Waals surface area contributed by atoms with E-state index in [1.165, 1.54) is 6.07 Å². The third-order valence-corrected chi connectivity index (χ3v) is 2.96. The summed E-state index contributed by atoms with van der Waals surface area (Å²) in [5.74, 6) is -1.32. The van der Waals surface area contributed by atoms with Crippen LogP contribution in [0.3, 0.4) is 0 Å². The van der Waals surface area contributed by atoms with Crippen LogP contribution in [0.25, 0.3) is 11.3 Å². The molecule has 0 atom stereocenters. The van der Waals surface area contributed by atoms with Crippen molar-refractivity contribution in [2.24, 2.45) is 0 Å². The molecule has 2 aromatic rings. The summed E-state index contributed by atoms with van der Waals surface area (Å²) in [6, 6.07) is 10.1. The van der Waals surface area contributed by atoms with Crippen molar-refractivity contribution in [2.75, 3.05) is 13.2 Å². The topological polar surface area (TPSA) is 89.5 Å². The third kappa shape index (κ3) is 3.58. The van der Waals surface area contributed by atoms with Gasteiger partial charge in [0.05, 0.1) is 24.8 Å². The number of carbonyl (C=O) groups excluding carboxylic acids is 2. The lowest BCUT2D eigenvalue weighted by atomic mass is 10.1. The minimum absolute atomic E-state index is 0.00246. The van der Waals surface area contributed by atoms with E-state index in [1.807, 2.05) is 6.07 Å². The van der Waals surface area contributed by atoms with Crippen molar-refractivity contribution in [1.82, 2.24) is 0 Å². The summed E-state index contributed by atoms with van der Waals surface area (Å²) in [5.41, 5.74) is 1.02. The molecule has 23 heavy (non-hydrogen) atoms. The molecule has 0 saturated carbocycles. The second kappa shape index (κ2) is 7.27. The van der Waals surface area contributed by atoms with Gasteiger partial charge < -0.3 is 13.9 Å². The molecule has 0 aliphatic carbocycles. The molecule has 0 aliphatic heterocycles. The van der Waals surface area contributed by atoms with Crippen LogP contribution in [-0.2, 0) is 9.47 Å². The maximum atomic E-state index is 12.0. The fraction of sp³-hybridized carbons (Fsp3) is 0.235. The summed E-state index contributed by atoms with van der Waals surface area (Å²) in [7, 11) is 0. The van der Waals surface area contributed by atoms with Gasteiger partial charge in [0.2, 0.25) is 5.76 Å². The van der Waals surface area contributed by atoms with Gasteiger partial charge in [0.1, 0.15) is 11.3 Å². The summed E-state index contributed by atoms with van der Waals surface area (Å²) in [5, 5.41) is 8.96. The lowest BCUT2D eigenvalue weighted by molar-refractivity contribution is 0.0452. The van der Waals surface area contributed by atoms with Crippen molar-refractivity contribution < 1.29 is 23.5 Å². The van der Waals surface area contributed by atoms with Crippen LogP contribution in [0.1, 0.15) is 40.3 Å². The Morgan fingerprint density at radius 2 is 1.83 bits per heavy atom. The molecule has 0 N–H and O–H groups in total. The number of nitriles is 1. The number of carbonyl (C=O) groups is 2. The standard InChI is InChI=1S/C17H15NO5/c1-3-21-16(19)13-9-14(23-15(13)17(20)22-4-2)12-7-5-6-11(8-12)10-18/h5-9H,3-4H2,1-2H3. The average Bonchev–Trinajstić information content (AvgIpc) is 3.01. The van der Waals surface area contributed by atoms with E-state index < -0.39 is 11.9 Å². The molecule has 0 unspecified atom stereocenters. The van der Waals surface area contributed by atoms with Crippen LogP contribution in [0.5, 0.6) is 0 Å². The number of hydrogen-bond acceptors (Lipinski definition) is 6. The van der Waals surface area contributed by atoms with Crippen molar-refractivity contribution in [3.8, 4) is 17.4 Å². The van der Waals surface area contributed by atoms with E-state index in [9.17, 15) is 9.59 Å². The highest BCUT2D eigenvalue weighted by Crippen LogP contribution is 2.27. The zero-order valence-electron chi connectivity index (χ0n) is 12.8. The Morgan fingerprint density at radius 1 is 1.13 bits per heavy atom. The summed E-state index contributed by atoms with van der Waals surface area (Å²) >= 11 is 0. The van der Waals surface area contributed by atoms with Gasteiger partial charge in [-0.15, -0.1) is 0 Å². The molecule has 6 nitrogen and oxygen atoms in total. The van der Waals surface area contributed by atoms with Crippen molar-refractivity contribution in [3.05, 3.63) is 47.2 Å². The number of rotatable bonds is 5. The molecule has 1 heterocycles. The summed E-state index contributed by atoms with van der Waals surface area (Å²) in [6.07, 6.45) is 0. The van der Waals surface area contributed by atoms with Crippen LogP contribution in [0.4, 0.5) is 0 Å². The predicted molar refractivity (Wildman–Crippen MR) is 80.8 cm³/mol. The van der Waals surface area contributed by atoms with Gasteiger partial charge in [-0.25, -0.2) is 9.59 Å². The number of benzene rings is 1. The van der Waals surface area contributed by atoms with Crippen LogP contribution in [0, 0.1) is 11.3 Å². The Labute approximate surface area is 133 Å². The molecule has 0 spiro atoms. The second-order valence-electron chi connectivity index (χ2n) is 4.49. The molecule has 2 rings (SSSR count). The lowest BCUT2D eigenvalue weighted by Gasteiger charge is -2.02. The monoisotopic (exact) mass is 313 g/mol. The molecule has 0 aliphatic rings. The lowest BCUT2D eigenvalue weighted by Crippen LogP contribution is -2.11. The van der Waals surface area contributed by atoms with E-state index >= 15 is 0 Å². The Bertz CT molecular complexity index is 734. The van der Waals surface area contributed by atoms with Crippen LogP contribution in [0.2, 0.25) is 0 Å². The maximum Gasteiger partial charge on any atom is 0.375 e. The van der Waals surface area contributed by atoms with E-state index in [-0.39, 0.29) is 30.3 Å². The largest absolute Gasteiger partial charge is 0.462 e. The Kier molecular flexibility index (Phi) is 5.15. The first kappa shape index (κ1) is 16.3. The van der Waals surface area contributed by atoms with E-state index in [0.29, 0.717) is 11.1 Å². The first-order chi connectivity index (χ1) is 11.1. The van der Waals surface area contributed by atoms with Gasteiger partial charge in [-0.1, -0.05) is 12.1 Å². The van der Waals surface area contributed by atoms with Crippen LogP contribution >= 0.6 is 0 Å². The molecule has 1 aromatic heterocycles. The highest BCUT2D eigenvalue weighted by atomic mass is 16.5. The van der Waals surface area contributed by atoms with Gasteiger partial charge >= 0.3 is 11.9 Å². The Morgan fingerprint density at radius 3 is 2.48 bits per heavy atom. The van der Waals surface area contributed by atoms with Gasteiger partial charge in [0.15, 0.2) is 0 Å². The number of furan rings is 1. The normalized spacial score (nSPS) is 9.96. The van der Waals surface area contributed by atoms with Crippen molar-refractivity contribution >= 4 is 11.9 Å². The summed E-state index contributed by atoms with van der Waals surface area (Å²) < 4.78 is 15.3. The number of ether oxygens (including phenoxy) is 2. The molecule has 0 amide bonds. The van der Waals surface area contributed by atoms with Gasteiger partial charge in [0, 0.05) is 5.56 Å². The van der Waals surface area contributed by atoms with Crippen LogP contribution in [-0.4, -0.2) is 25.2 Å². The smallest absolute Gasteiger partial charge is 0.375 e. The molecule has 0 fully saturated rings. The van der Waals surface area contributed by atoms with E-state index in [2.05, 4.69) is 0 Å². The number of nitrogens with zero attached hydrogens (tertiary/aromatic N) is 1. The Balaban J connectivity index is 2.49. The number of hydrogen-bond donors (Lipinski definition) is 0. The van der Waals surface area contributed by atoms with Crippen molar-refractivity contribution in [2.45, 2.75) is 13.8 Å². The first-order valence-electron chi connectivity index (χ1n) is 7.09. The minimum atomic E-state index is -0.738. The second-order valence-corrected chi connectivity index (χ2v) is 4.49. The summed E-state index contributed by atoms with van der Waals surface area (Å²) in [6.45, 7) is 3.65. The fourth-order valence-corrected chi connectivity index (χ4v) is 1.98.